The van der Waals surface area contributed by atoms with Gasteiger partial charge in [-0.1, -0.05) is 18.3 Å². The zero-order valence-electron chi connectivity index (χ0n) is 10.8. The van der Waals surface area contributed by atoms with E-state index in [1.807, 2.05) is 18.7 Å². The van der Waals surface area contributed by atoms with Gasteiger partial charge in [0.2, 0.25) is 0 Å². The van der Waals surface area contributed by atoms with Crippen molar-refractivity contribution in [3.05, 3.63) is 10.6 Å². The van der Waals surface area contributed by atoms with Crippen molar-refractivity contribution in [2.75, 3.05) is 23.0 Å². The molecule has 1 aromatic rings. The van der Waals surface area contributed by atoms with Crippen LogP contribution in [-0.2, 0) is 16.3 Å². The van der Waals surface area contributed by atoms with Gasteiger partial charge in [0.1, 0.15) is 4.88 Å². The number of nitrogens with zero attached hydrogens (tertiary/aromatic N) is 2. The quantitative estimate of drug-likeness (QED) is 0.897. The molecular formula is C11H16N2O4S2. The first-order chi connectivity index (χ1) is 8.84. The number of carbonyl (C=O) groups is 1. The maximum absolute atomic E-state index is 11.5. The van der Waals surface area contributed by atoms with E-state index >= 15 is 0 Å². The maximum Gasteiger partial charge on any atom is 0.347 e. The average Bonchev–Trinajstić information content (AvgIpc) is 2.71. The van der Waals surface area contributed by atoms with E-state index in [4.69, 9.17) is 5.11 Å². The zero-order chi connectivity index (χ0) is 14.2. The Balaban J connectivity index is 2.30. The first-order valence-electron chi connectivity index (χ1n) is 6.04. The van der Waals surface area contributed by atoms with Gasteiger partial charge in [0.25, 0.3) is 0 Å². The van der Waals surface area contributed by atoms with E-state index in [9.17, 15) is 13.2 Å². The zero-order valence-corrected chi connectivity index (χ0v) is 12.4. The third-order valence-electron chi connectivity index (χ3n) is 3.13. The molecule has 106 valence electrons. The molecule has 1 aliphatic heterocycles. The van der Waals surface area contributed by atoms with Gasteiger partial charge in [0.15, 0.2) is 15.0 Å². The van der Waals surface area contributed by atoms with Crippen LogP contribution in [0.5, 0.6) is 0 Å². The predicted octanol–water partition coefficient (Wildman–Crippen LogP) is 1.03. The summed E-state index contributed by atoms with van der Waals surface area (Å²) in [6.45, 7) is 4.05. The van der Waals surface area contributed by atoms with Crippen LogP contribution in [0.3, 0.4) is 0 Å². The van der Waals surface area contributed by atoms with Crippen LogP contribution < -0.4 is 4.90 Å². The minimum atomic E-state index is -2.98. The van der Waals surface area contributed by atoms with Crippen molar-refractivity contribution in [1.82, 2.24) is 4.98 Å². The summed E-state index contributed by atoms with van der Waals surface area (Å²) >= 11 is 1.12. The molecule has 0 saturated carbocycles. The molecule has 1 fully saturated rings. The van der Waals surface area contributed by atoms with Crippen molar-refractivity contribution in [3.63, 3.8) is 0 Å². The van der Waals surface area contributed by atoms with Crippen molar-refractivity contribution in [2.45, 2.75) is 26.3 Å². The number of aromatic carboxylic acids is 1. The Kier molecular flexibility index (Phi) is 3.82. The van der Waals surface area contributed by atoms with Crippen LogP contribution in [-0.4, -0.2) is 48.6 Å². The molecule has 0 spiro atoms. The lowest BCUT2D eigenvalue weighted by Gasteiger charge is -2.32. The summed E-state index contributed by atoms with van der Waals surface area (Å²) in [5.74, 6) is -0.782. The summed E-state index contributed by atoms with van der Waals surface area (Å²) in [5.41, 5.74) is 0.563. The van der Waals surface area contributed by atoms with E-state index in [2.05, 4.69) is 4.98 Å². The first-order valence-corrected chi connectivity index (χ1v) is 8.68. The van der Waals surface area contributed by atoms with Crippen molar-refractivity contribution >= 4 is 32.3 Å². The molecule has 1 unspecified atom stereocenters. The number of sulfone groups is 1. The smallest absolute Gasteiger partial charge is 0.347 e. The lowest BCUT2D eigenvalue weighted by Crippen LogP contribution is -2.47. The van der Waals surface area contributed by atoms with Gasteiger partial charge < -0.3 is 10.0 Å². The van der Waals surface area contributed by atoms with Crippen LogP contribution in [0.25, 0.3) is 0 Å². The number of hydrogen-bond acceptors (Lipinski definition) is 6. The van der Waals surface area contributed by atoms with Gasteiger partial charge in [-0.15, -0.1) is 0 Å². The van der Waals surface area contributed by atoms with Gasteiger partial charge in [0, 0.05) is 12.6 Å². The number of anilines is 1. The summed E-state index contributed by atoms with van der Waals surface area (Å²) in [6.07, 6.45) is 0.554. The van der Waals surface area contributed by atoms with Crippen LogP contribution in [0.2, 0.25) is 0 Å². The van der Waals surface area contributed by atoms with E-state index in [0.29, 0.717) is 23.8 Å². The highest BCUT2D eigenvalue weighted by Crippen LogP contribution is 2.29. The van der Waals surface area contributed by atoms with Crippen LogP contribution in [0.1, 0.15) is 29.2 Å². The largest absolute Gasteiger partial charge is 0.477 e. The minimum absolute atomic E-state index is 0.0937. The fourth-order valence-electron chi connectivity index (χ4n) is 2.15. The van der Waals surface area contributed by atoms with Gasteiger partial charge >= 0.3 is 5.97 Å². The highest BCUT2D eigenvalue weighted by atomic mass is 32.2. The molecule has 1 saturated heterocycles. The van der Waals surface area contributed by atoms with Gasteiger partial charge in [-0.25, -0.2) is 18.2 Å². The van der Waals surface area contributed by atoms with Crippen LogP contribution in [0.15, 0.2) is 0 Å². The molecule has 1 aliphatic rings. The number of aromatic nitrogens is 1. The first kappa shape index (κ1) is 14.3. The Bertz CT molecular complexity index is 594. The molecule has 19 heavy (non-hydrogen) atoms. The summed E-state index contributed by atoms with van der Waals surface area (Å²) in [4.78, 5) is 17.6. The Hall–Kier alpha value is -1.15. The van der Waals surface area contributed by atoms with E-state index in [-0.39, 0.29) is 22.4 Å². The lowest BCUT2D eigenvalue weighted by molar-refractivity contribution is 0.0701. The van der Waals surface area contributed by atoms with E-state index < -0.39 is 15.8 Å². The maximum atomic E-state index is 11.5. The second-order valence-corrected chi connectivity index (χ2v) is 7.79. The number of rotatable bonds is 3. The van der Waals surface area contributed by atoms with Gasteiger partial charge in [-0.3, -0.25) is 0 Å². The molecule has 0 bridgehead atoms. The topological polar surface area (TPSA) is 87.6 Å². The van der Waals surface area contributed by atoms with E-state index in [1.165, 1.54) is 0 Å². The van der Waals surface area contributed by atoms with Crippen molar-refractivity contribution in [2.24, 2.45) is 0 Å². The van der Waals surface area contributed by atoms with Crippen molar-refractivity contribution in [1.29, 1.82) is 0 Å². The second kappa shape index (κ2) is 5.09. The molecule has 6 nitrogen and oxygen atoms in total. The summed E-state index contributed by atoms with van der Waals surface area (Å²) < 4.78 is 23.1. The van der Waals surface area contributed by atoms with Gasteiger partial charge in [-0.2, -0.15) is 0 Å². The number of hydrogen-bond donors (Lipinski definition) is 1. The lowest BCUT2D eigenvalue weighted by atomic mass is 10.3. The summed E-state index contributed by atoms with van der Waals surface area (Å²) in [5, 5.41) is 9.72. The van der Waals surface area contributed by atoms with Gasteiger partial charge in [0.05, 0.1) is 17.2 Å². The van der Waals surface area contributed by atoms with Crippen LogP contribution in [0.4, 0.5) is 5.13 Å². The summed E-state index contributed by atoms with van der Waals surface area (Å²) in [6, 6.07) is -0.170. The molecule has 0 amide bonds. The molecule has 2 heterocycles. The number of thiazole rings is 1. The SMILES string of the molecule is CCc1nc(N2CCS(=O)(=O)CC2C)sc1C(=O)O. The highest BCUT2D eigenvalue weighted by molar-refractivity contribution is 7.91. The molecule has 0 radical (unpaired) electrons. The highest BCUT2D eigenvalue weighted by Gasteiger charge is 2.31. The third kappa shape index (κ3) is 2.89. The Morgan fingerprint density at radius 3 is 2.74 bits per heavy atom. The molecule has 1 atom stereocenters. The molecular weight excluding hydrogens is 288 g/mol. The fraction of sp³-hybridized carbons (Fsp3) is 0.636. The Labute approximate surface area is 116 Å². The van der Waals surface area contributed by atoms with Crippen molar-refractivity contribution < 1.29 is 18.3 Å². The number of carboxylic acid groups (broad SMARTS) is 1. The fourth-order valence-corrected chi connectivity index (χ4v) is 4.83. The van der Waals surface area contributed by atoms with Crippen LogP contribution >= 0.6 is 11.3 Å². The Morgan fingerprint density at radius 1 is 1.58 bits per heavy atom. The van der Waals surface area contributed by atoms with E-state index in [0.717, 1.165) is 11.3 Å². The minimum Gasteiger partial charge on any atom is -0.477 e. The molecule has 8 heteroatoms. The third-order valence-corrected chi connectivity index (χ3v) is 6.05. The predicted molar refractivity (Wildman–Crippen MR) is 73.9 cm³/mol. The number of carboxylic acids is 1. The summed E-state index contributed by atoms with van der Waals surface area (Å²) in [7, 11) is -2.98. The Morgan fingerprint density at radius 2 is 2.26 bits per heavy atom. The second-order valence-electron chi connectivity index (χ2n) is 4.59. The van der Waals surface area contributed by atoms with Crippen molar-refractivity contribution in [3.8, 4) is 0 Å². The average molecular weight is 304 g/mol. The van der Waals surface area contributed by atoms with E-state index in [1.54, 1.807) is 0 Å². The normalized spacial score (nSPS) is 22.4. The van der Waals surface area contributed by atoms with Crippen LogP contribution in [0, 0.1) is 0 Å². The molecule has 2 rings (SSSR count). The number of aryl methyl sites for hydroxylation is 1. The molecule has 1 aromatic heterocycles. The molecule has 1 N–H and O–H groups in total. The standard InChI is InChI=1S/C11H16N2O4S2/c1-3-8-9(10(14)15)18-11(12-8)13-4-5-19(16,17)6-7(13)2/h7H,3-6H2,1-2H3,(H,14,15). The van der Waals surface area contributed by atoms with Gasteiger partial charge in [-0.05, 0) is 13.3 Å². The monoisotopic (exact) mass is 304 g/mol. The molecule has 0 aliphatic carbocycles. The molecule has 0 aromatic carbocycles.